The summed E-state index contributed by atoms with van der Waals surface area (Å²) in [5, 5.41) is 4.82. The van der Waals surface area contributed by atoms with Crippen molar-refractivity contribution in [2.24, 2.45) is 0 Å². The Hall–Kier alpha value is -4.85. The zero-order chi connectivity index (χ0) is 33.2. The fraction of sp³-hybridized carbons (Fsp3) is 0.219. The first-order valence-electron chi connectivity index (χ1n) is 13.9. The zero-order valence-electron chi connectivity index (χ0n) is 24.9. The van der Waals surface area contributed by atoms with Crippen molar-refractivity contribution in [1.29, 1.82) is 0 Å². The average molecular weight is 699 g/mol. The summed E-state index contributed by atoms with van der Waals surface area (Å²) in [7, 11) is 0. The van der Waals surface area contributed by atoms with Crippen LogP contribution < -0.4 is 16.0 Å². The number of nitrogens with zero attached hydrogens (tertiary/aromatic N) is 6. The number of ether oxygens (including phenoxy) is 1. The summed E-state index contributed by atoms with van der Waals surface area (Å²) in [4.78, 5) is 26.7. The number of alkyl halides is 3. The van der Waals surface area contributed by atoms with Crippen molar-refractivity contribution < 1.29 is 22.3 Å². The maximum Gasteiger partial charge on any atom is 0.416 e. The molecule has 5 rings (SSSR count). The van der Waals surface area contributed by atoms with Crippen LogP contribution in [0.3, 0.4) is 0 Å². The van der Waals surface area contributed by atoms with E-state index in [1.54, 1.807) is 24.3 Å². The van der Waals surface area contributed by atoms with Crippen LogP contribution in [-0.4, -0.2) is 34.9 Å². The standard InChI is InChI=1S/C32H28BrF4N7O2/c1-31(2,3)46-22-12-20(11-21(34)13-22)26-14-27(38)40-17-39-18-43(42-26)16-28-41-25-10-6-9-24(33)29(25)30(45)44(28)15-19-7-4-5-8-23(19)32(35,36)37/h4-14,17-18H,15-16,38H2,1-3H3. The normalized spacial score (nSPS) is 11.8. The number of aromatic nitrogens is 6. The van der Waals surface area contributed by atoms with Gasteiger partial charge in [-0.05, 0) is 72.6 Å². The van der Waals surface area contributed by atoms with Crippen molar-refractivity contribution in [3.63, 3.8) is 0 Å². The second kappa shape index (κ2) is 12.9. The monoisotopic (exact) mass is 697 g/mol. The summed E-state index contributed by atoms with van der Waals surface area (Å²) in [6.45, 7) is 4.81. The third-order valence-electron chi connectivity index (χ3n) is 6.55. The molecule has 2 heterocycles. The van der Waals surface area contributed by atoms with E-state index >= 15 is 0 Å². The molecule has 3 aromatic carbocycles. The molecule has 0 radical (unpaired) electrons. The Labute approximate surface area is 269 Å². The van der Waals surface area contributed by atoms with Crippen LogP contribution in [0, 0.1) is 5.82 Å². The van der Waals surface area contributed by atoms with E-state index in [0.717, 1.165) is 6.07 Å². The lowest BCUT2D eigenvalue weighted by Gasteiger charge is -2.21. The molecule has 0 fully saturated rings. The predicted octanol–water partition coefficient (Wildman–Crippen LogP) is 6.95. The molecular weight excluding hydrogens is 670 g/mol. The van der Waals surface area contributed by atoms with Gasteiger partial charge in [0, 0.05) is 22.2 Å². The van der Waals surface area contributed by atoms with Crippen molar-refractivity contribution in [1.82, 2.24) is 29.3 Å². The fourth-order valence-corrected chi connectivity index (χ4v) is 5.25. The second-order valence-corrected chi connectivity index (χ2v) is 12.1. The summed E-state index contributed by atoms with van der Waals surface area (Å²) < 4.78 is 65.3. The Morgan fingerprint density at radius 2 is 1.74 bits per heavy atom. The predicted molar refractivity (Wildman–Crippen MR) is 169 cm³/mol. The van der Waals surface area contributed by atoms with Gasteiger partial charge in [0.25, 0.3) is 5.56 Å². The Bertz CT molecular complexity index is 2040. The molecule has 0 aliphatic carbocycles. The van der Waals surface area contributed by atoms with E-state index in [0.29, 0.717) is 15.6 Å². The number of rotatable bonds is 6. The molecule has 5 aromatic rings. The van der Waals surface area contributed by atoms with Crippen molar-refractivity contribution in [3.05, 3.63) is 117 Å². The summed E-state index contributed by atoms with van der Waals surface area (Å²) >= 11 is 3.37. The van der Waals surface area contributed by atoms with Crippen LogP contribution in [0.5, 0.6) is 5.75 Å². The lowest BCUT2D eigenvalue weighted by atomic mass is 10.1. The van der Waals surface area contributed by atoms with Gasteiger partial charge >= 0.3 is 6.18 Å². The first-order valence-corrected chi connectivity index (χ1v) is 14.7. The molecular formula is C32H28BrF4N7O2. The number of hydrogen-bond donors (Lipinski definition) is 1. The third-order valence-corrected chi connectivity index (χ3v) is 7.21. The molecule has 2 N–H and O–H groups in total. The Kier molecular flexibility index (Phi) is 9.10. The van der Waals surface area contributed by atoms with Crippen LogP contribution in [0.2, 0.25) is 0 Å². The van der Waals surface area contributed by atoms with Crippen LogP contribution in [0.4, 0.5) is 23.4 Å². The highest BCUT2D eigenvalue weighted by Crippen LogP contribution is 2.32. The largest absolute Gasteiger partial charge is 0.488 e. The maximum absolute atomic E-state index is 14.8. The van der Waals surface area contributed by atoms with E-state index < -0.39 is 35.3 Å². The van der Waals surface area contributed by atoms with Gasteiger partial charge in [-0.2, -0.15) is 18.3 Å². The SMILES string of the molecule is CC(C)(C)Oc1cc(F)cc(-c2cc(N)ncncn(Cc3nc4cccc(Br)c4c(=O)n3Cc3ccccc3C(F)(F)F)n2)c1. The van der Waals surface area contributed by atoms with Crippen molar-refractivity contribution in [3.8, 4) is 17.0 Å². The highest BCUT2D eigenvalue weighted by atomic mass is 79.9. The van der Waals surface area contributed by atoms with Crippen molar-refractivity contribution in [2.45, 2.75) is 45.6 Å². The quantitative estimate of drug-likeness (QED) is 0.191. The summed E-state index contributed by atoms with van der Waals surface area (Å²) in [6, 6.07) is 15.5. The second-order valence-electron chi connectivity index (χ2n) is 11.3. The molecule has 0 saturated heterocycles. The highest BCUT2D eigenvalue weighted by molar-refractivity contribution is 9.10. The van der Waals surface area contributed by atoms with Gasteiger partial charge in [0.05, 0.1) is 28.7 Å². The molecule has 0 spiro atoms. The maximum atomic E-state index is 14.8. The van der Waals surface area contributed by atoms with Gasteiger partial charge < -0.3 is 10.5 Å². The van der Waals surface area contributed by atoms with Crippen LogP contribution in [-0.2, 0) is 19.3 Å². The van der Waals surface area contributed by atoms with Gasteiger partial charge in [-0.3, -0.25) is 9.36 Å². The number of benzene rings is 3. The van der Waals surface area contributed by atoms with E-state index in [1.807, 2.05) is 20.8 Å². The molecule has 0 atom stereocenters. The van der Waals surface area contributed by atoms with Crippen LogP contribution in [0.15, 0.2) is 88.7 Å². The van der Waals surface area contributed by atoms with E-state index in [-0.39, 0.29) is 40.6 Å². The first-order chi connectivity index (χ1) is 21.7. The topological polar surface area (TPSA) is 114 Å². The molecule has 0 aliphatic rings. The smallest absolute Gasteiger partial charge is 0.416 e. The molecule has 0 saturated carbocycles. The van der Waals surface area contributed by atoms with E-state index in [4.69, 9.17) is 10.5 Å². The zero-order valence-corrected chi connectivity index (χ0v) is 26.5. The van der Waals surface area contributed by atoms with Gasteiger partial charge in [-0.1, -0.05) is 24.3 Å². The molecule has 0 bridgehead atoms. The summed E-state index contributed by atoms with van der Waals surface area (Å²) in [6.07, 6.45) is -2.19. The molecule has 0 amide bonds. The number of nitrogen functional groups attached to an aromatic ring is 1. The number of nitrogens with two attached hydrogens (primary N) is 1. The summed E-state index contributed by atoms with van der Waals surface area (Å²) in [5.74, 6) is -0.227. The minimum Gasteiger partial charge on any atom is -0.488 e. The Balaban J connectivity index is 1.70. The van der Waals surface area contributed by atoms with Gasteiger partial charge in [0.1, 0.15) is 48.0 Å². The summed E-state index contributed by atoms with van der Waals surface area (Å²) in [5.41, 5.74) is 4.65. The van der Waals surface area contributed by atoms with Crippen LogP contribution >= 0.6 is 15.9 Å². The molecule has 2 aromatic heterocycles. The van der Waals surface area contributed by atoms with Gasteiger partial charge in [0.15, 0.2) is 0 Å². The molecule has 0 aliphatic heterocycles. The number of halogens is 5. The lowest BCUT2D eigenvalue weighted by molar-refractivity contribution is -0.138. The van der Waals surface area contributed by atoms with E-state index in [2.05, 4.69) is 36.0 Å². The average Bonchev–Trinajstić information content (AvgIpc) is 3.04. The van der Waals surface area contributed by atoms with Gasteiger partial charge in [-0.15, -0.1) is 0 Å². The molecule has 9 nitrogen and oxygen atoms in total. The van der Waals surface area contributed by atoms with Crippen molar-refractivity contribution >= 4 is 32.7 Å². The minimum atomic E-state index is -4.65. The lowest BCUT2D eigenvalue weighted by Crippen LogP contribution is -2.28. The molecule has 46 heavy (non-hydrogen) atoms. The van der Waals surface area contributed by atoms with Crippen LogP contribution in [0.25, 0.3) is 22.2 Å². The highest BCUT2D eigenvalue weighted by Gasteiger charge is 2.33. The van der Waals surface area contributed by atoms with Crippen molar-refractivity contribution in [2.75, 3.05) is 5.73 Å². The Morgan fingerprint density at radius 3 is 2.48 bits per heavy atom. The van der Waals surface area contributed by atoms with E-state index in [9.17, 15) is 22.4 Å². The molecule has 238 valence electrons. The fourth-order valence-electron chi connectivity index (χ4n) is 4.72. The number of anilines is 1. The molecule has 14 heteroatoms. The van der Waals surface area contributed by atoms with Crippen LogP contribution in [0.1, 0.15) is 37.7 Å². The first kappa shape index (κ1) is 32.5. The van der Waals surface area contributed by atoms with E-state index in [1.165, 1.54) is 58.3 Å². The Morgan fingerprint density at radius 1 is 0.978 bits per heavy atom. The van der Waals surface area contributed by atoms with Gasteiger partial charge in [0.2, 0.25) is 0 Å². The number of fused-ring (bicyclic) bond motifs is 1. The number of hydrogen-bond acceptors (Lipinski definition) is 7. The molecule has 0 unspecified atom stereocenters. The minimum absolute atomic E-state index is 0.0228. The third kappa shape index (κ3) is 7.68. The van der Waals surface area contributed by atoms with Gasteiger partial charge in [-0.25, -0.2) is 24.0 Å².